The normalized spacial score (nSPS) is 10.3. The van der Waals surface area contributed by atoms with Crippen molar-refractivity contribution in [1.29, 1.82) is 0 Å². The molecular formula is C11H22O2. The summed E-state index contributed by atoms with van der Waals surface area (Å²) >= 11 is 0. The summed E-state index contributed by atoms with van der Waals surface area (Å²) in [6, 6.07) is 0. The molecule has 0 aromatic heterocycles. The number of hydrogen-bond acceptors (Lipinski definition) is 2. The Morgan fingerprint density at radius 2 is 1.77 bits per heavy atom. The lowest BCUT2D eigenvalue weighted by Gasteiger charge is -2.00. The van der Waals surface area contributed by atoms with Crippen LogP contribution in [0.3, 0.4) is 0 Å². The Bertz CT molecular complexity index is 121. The summed E-state index contributed by atoms with van der Waals surface area (Å²) in [7, 11) is 1.67. The van der Waals surface area contributed by atoms with Gasteiger partial charge in [-0.05, 0) is 12.8 Å². The minimum absolute atomic E-state index is 0.396. The SMILES string of the molecule is CCCCCCC(=O)CCCOC. The maximum absolute atomic E-state index is 11.2. The molecule has 78 valence electrons. The van der Waals surface area contributed by atoms with Crippen LogP contribution in [0, 0.1) is 0 Å². The molecule has 0 saturated carbocycles. The lowest BCUT2D eigenvalue weighted by atomic mass is 10.1. The van der Waals surface area contributed by atoms with Gasteiger partial charge in [-0.25, -0.2) is 0 Å². The van der Waals surface area contributed by atoms with Gasteiger partial charge in [0.2, 0.25) is 0 Å². The minimum Gasteiger partial charge on any atom is -0.385 e. The van der Waals surface area contributed by atoms with Crippen molar-refractivity contribution < 1.29 is 9.53 Å². The quantitative estimate of drug-likeness (QED) is 0.517. The number of methoxy groups -OCH3 is 1. The molecule has 0 saturated heterocycles. The average Bonchev–Trinajstić information content (AvgIpc) is 2.13. The number of Topliss-reactive ketones (excluding diaryl/α,β-unsaturated/α-hetero) is 1. The molecule has 0 aliphatic heterocycles. The first kappa shape index (κ1) is 12.6. The van der Waals surface area contributed by atoms with Crippen LogP contribution in [0.1, 0.15) is 51.9 Å². The summed E-state index contributed by atoms with van der Waals surface area (Å²) < 4.78 is 4.88. The van der Waals surface area contributed by atoms with E-state index in [1.807, 2.05) is 0 Å². The van der Waals surface area contributed by atoms with Crippen molar-refractivity contribution >= 4 is 5.78 Å². The molecule has 13 heavy (non-hydrogen) atoms. The fourth-order valence-electron chi connectivity index (χ4n) is 1.29. The summed E-state index contributed by atoms with van der Waals surface area (Å²) in [5.74, 6) is 0.396. The van der Waals surface area contributed by atoms with Crippen LogP contribution in [-0.4, -0.2) is 19.5 Å². The van der Waals surface area contributed by atoms with Crippen LogP contribution in [0.5, 0.6) is 0 Å². The number of rotatable bonds is 9. The highest BCUT2D eigenvalue weighted by atomic mass is 16.5. The van der Waals surface area contributed by atoms with Gasteiger partial charge in [0.1, 0.15) is 5.78 Å². The first-order valence-electron chi connectivity index (χ1n) is 5.32. The van der Waals surface area contributed by atoms with Crippen molar-refractivity contribution in [2.75, 3.05) is 13.7 Å². The largest absolute Gasteiger partial charge is 0.385 e. The molecule has 0 aliphatic carbocycles. The molecule has 0 aliphatic rings. The van der Waals surface area contributed by atoms with Crippen molar-refractivity contribution in [2.24, 2.45) is 0 Å². The first-order valence-corrected chi connectivity index (χ1v) is 5.32. The number of ether oxygens (including phenoxy) is 1. The first-order chi connectivity index (χ1) is 6.31. The monoisotopic (exact) mass is 186 g/mol. The molecule has 0 radical (unpaired) electrons. The van der Waals surface area contributed by atoms with Gasteiger partial charge in [0, 0.05) is 26.6 Å². The van der Waals surface area contributed by atoms with E-state index in [0.29, 0.717) is 18.8 Å². The third-order valence-corrected chi connectivity index (χ3v) is 2.11. The van der Waals surface area contributed by atoms with Crippen molar-refractivity contribution in [3.05, 3.63) is 0 Å². The van der Waals surface area contributed by atoms with E-state index in [4.69, 9.17) is 4.74 Å². The predicted molar refractivity (Wildman–Crippen MR) is 54.9 cm³/mol. The van der Waals surface area contributed by atoms with Crippen molar-refractivity contribution in [1.82, 2.24) is 0 Å². The Hall–Kier alpha value is -0.370. The number of ketones is 1. The van der Waals surface area contributed by atoms with Gasteiger partial charge in [-0.2, -0.15) is 0 Å². The van der Waals surface area contributed by atoms with Crippen LogP contribution in [0.15, 0.2) is 0 Å². The van der Waals surface area contributed by atoms with Crippen LogP contribution in [0.4, 0.5) is 0 Å². The molecule has 0 atom stereocenters. The Balaban J connectivity index is 3.11. The Morgan fingerprint density at radius 3 is 2.38 bits per heavy atom. The van der Waals surface area contributed by atoms with Crippen LogP contribution in [0.25, 0.3) is 0 Å². The van der Waals surface area contributed by atoms with Gasteiger partial charge in [-0.15, -0.1) is 0 Å². The van der Waals surface area contributed by atoms with Crippen molar-refractivity contribution in [3.8, 4) is 0 Å². The van der Waals surface area contributed by atoms with E-state index < -0.39 is 0 Å². The maximum Gasteiger partial charge on any atom is 0.132 e. The van der Waals surface area contributed by atoms with Crippen LogP contribution < -0.4 is 0 Å². The van der Waals surface area contributed by atoms with E-state index in [-0.39, 0.29) is 0 Å². The molecule has 0 rings (SSSR count). The van der Waals surface area contributed by atoms with Gasteiger partial charge < -0.3 is 4.74 Å². The van der Waals surface area contributed by atoms with Gasteiger partial charge in [-0.1, -0.05) is 26.2 Å². The molecule has 0 aromatic carbocycles. The fourth-order valence-corrected chi connectivity index (χ4v) is 1.29. The summed E-state index contributed by atoms with van der Waals surface area (Å²) in [6.45, 7) is 2.89. The molecule has 2 heteroatoms. The smallest absolute Gasteiger partial charge is 0.132 e. The number of unbranched alkanes of at least 4 members (excludes halogenated alkanes) is 3. The molecule has 2 nitrogen and oxygen atoms in total. The van der Waals surface area contributed by atoms with E-state index in [0.717, 1.165) is 19.3 Å². The van der Waals surface area contributed by atoms with E-state index >= 15 is 0 Å². The molecule has 0 fully saturated rings. The third kappa shape index (κ3) is 9.54. The zero-order chi connectivity index (χ0) is 9.94. The zero-order valence-electron chi connectivity index (χ0n) is 8.97. The second-order valence-electron chi connectivity index (χ2n) is 3.45. The Morgan fingerprint density at radius 1 is 1.08 bits per heavy atom. The Kier molecular flexibility index (Phi) is 9.44. The number of carbonyl (C=O) groups is 1. The van der Waals surface area contributed by atoms with E-state index in [1.54, 1.807) is 7.11 Å². The highest BCUT2D eigenvalue weighted by Crippen LogP contribution is 2.05. The molecule has 0 spiro atoms. The Labute approximate surface area is 81.7 Å². The zero-order valence-corrected chi connectivity index (χ0v) is 8.97. The number of carbonyl (C=O) groups excluding carboxylic acids is 1. The molecule has 0 bridgehead atoms. The maximum atomic E-state index is 11.2. The molecule has 0 aromatic rings. The highest BCUT2D eigenvalue weighted by Gasteiger charge is 2.00. The van der Waals surface area contributed by atoms with E-state index in [1.165, 1.54) is 19.3 Å². The van der Waals surface area contributed by atoms with Crippen LogP contribution in [0.2, 0.25) is 0 Å². The van der Waals surface area contributed by atoms with Crippen molar-refractivity contribution in [2.45, 2.75) is 51.9 Å². The van der Waals surface area contributed by atoms with Gasteiger partial charge in [0.05, 0.1) is 0 Å². The van der Waals surface area contributed by atoms with Crippen molar-refractivity contribution in [3.63, 3.8) is 0 Å². The predicted octanol–water partition coefficient (Wildman–Crippen LogP) is 2.95. The standard InChI is InChI=1S/C11H22O2/c1-3-4-5-6-8-11(12)9-7-10-13-2/h3-10H2,1-2H3. The topological polar surface area (TPSA) is 26.3 Å². The van der Waals surface area contributed by atoms with Gasteiger partial charge in [0.15, 0.2) is 0 Å². The van der Waals surface area contributed by atoms with Gasteiger partial charge in [-0.3, -0.25) is 4.79 Å². The third-order valence-electron chi connectivity index (χ3n) is 2.11. The summed E-state index contributed by atoms with van der Waals surface area (Å²) in [5.41, 5.74) is 0. The highest BCUT2D eigenvalue weighted by molar-refractivity contribution is 5.78. The summed E-state index contributed by atoms with van der Waals surface area (Å²) in [5, 5.41) is 0. The lowest BCUT2D eigenvalue weighted by Crippen LogP contribution is -2.00. The van der Waals surface area contributed by atoms with Gasteiger partial charge in [0.25, 0.3) is 0 Å². The van der Waals surface area contributed by atoms with Crippen LogP contribution in [-0.2, 0) is 9.53 Å². The molecule has 0 unspecified atom stereocenters. The average molecular weight is 186 g/mol. The summed E-state index contributed by atoms with van der Waals surface area (Å²) in [4.78, 5) is 11.2. The number of hydrogen-bond donors (Lipinski definition) is 0. The second-order valence-corrected chi connectivity index (χ2v) is 3.45. The van der Waals surface area contributed by atoms with E-state index in [9.17, 15) is 4.79 Å². The second kappa shape index (κ2) is 9.72. The minimum atomic E-state index is 0.396. The molecular weight excluding hydrogens is 164 g/mol. The fraction of sp³-hybridized carbons (Fsp3) is 0.909. The molecule has 0 N–H and O–H groups in total. The molecule has 0 heterocycles. The summed E-state index contributed by atoms with van der Waals surface area (Å²) in [6.07, 6.45) is 7.10. The van der Waals surface area contributed by atoms with Crippen LogP contribution >= 0.6 is 0 Å². The van der Waals surface area contributed by atoms with E-state index in [2.05, 4.69) is 6.92 Å². The lowest BCUT2D eigenvalue weighted by molar-refractivity contribution is -0.119. The molecule has 0 amide bonds. The van der Waals surface area contributed by atoms with Gasteiger partial charge >= 0.3 is 0 Å².